The topological polar surface area (TPSA) is 37.3 Å². The van der Waals surface area contributed by atoms with Crippen molar-refractivity contribution in [3.63, 3.8) is 0 Å². The van der Waals surface area contributed by atoms with Gasteiger partial charge in [-0.3, -0.25) is 4.21 Å². The van der Waals surface area contributed by atoms with Crippen molar-refractivity contribution in [1.82, 2.24) is 0 Å². The van der Waals surface area contributed by atoms with Crippen molar-refractivity contribution in [2.45, 2.75) is 48.2 Å². The first-order valence-electron chi connectivity index (χ1n) is 6.57. The first-order valence-corrected chi connectivity index (χ1v) is 7.85. The summed E-state index contributed by atoms with van der Waals surface area (Å²) in [4.78, 5) is 0. The monoisotopic (exact) mass is 286 g/mol. The number of benzene rings is 1. The molecule has 0 aromatic heterocycles. The minimum Gasteiger partial charge on any atom is -0.385 e. The first-order chi connectivity index (χ1) is 9.01. The average molecular weight is 286 g/mol. The zero-order chi connectivity index (χ0) is 13.6. The van der Waals surface area contributed by atoms with Gasteiger partial charge in [0.1, 0.15) is 0 Å². The highest BCUT2D eigenvalue weighted by Gasteiger charge is 2.47. The van der Waals surface area contributed by atoms with Crippen LogP contribution in [0.5, 0.6) is 0 Å². The third-order valence-corrected chi connectivity index (χ3v) is 6.41. The lowest BCUT2D eigenvalue weighted by atomic mass is 9.80. The van der Waals surface area contributed by atoms with Crippen LogP contribution in [0.1, 0.15) is 37.7 Å². The lowest BCUT2D eigenvalue weighted by Gasteiger charge is -2.43. The molecule has 2 heterocycles. The highest BCUT2D eigenvalue weighted by atomic mass is 32.2. The molecule has 2 saturated heterocycles. The van der Waals surface area contributed by atoms with E-state index in [0.29, 0.717) is 0 Å². The van der Waals surface area contributed by atoms with Crippen molar-refractivity contribution in [3.8, 4) is 0 Å². The lowest BCUT2D eigenvalue weighted by molar-refractivity contribution is 0.00280. The van der Waals surface area contributed by atoms with Gasteiger partial charge in [-0.05, 0) is 31.7 Å². The van der Waals surface area contributed by atoms with Crippen molar-refractivity contribution in [1.29, 1.82) is 0 Å². The van der Waals surface area contributed by atoms with E-state index in [0.717, 1.165) is 25.3 Å². The van der Waals surface area contributed by atoms with Gasteiger partial charge < -0.3 is 5.11 Å². The van der Waals surface area contributed by atoms with E-state index in [1.807, 2.05) is 0 Å². The molecule has 2 bridgehead atoms. The summed E-state index contributed by atoms with van der Waals surface area (Å²) in [5, 5.41) is 10.5. The van der Waals surface area contributed by atoms with Crippen LogP contribution in [0.25, 0.3) is 0 Å². The molecule has 0 radical (unpaired) electrons. The van der Waals surface area contributed by atoms with E-state index in [1.165, 1.54) is 12.1 Å². The SMILES string of the molecule is O=S1C2CCCC1CC(O)(c1cccc(F)c1F)C2. The van der Waals surface area contributed by atoms with Crippen LogP contribution in [0.2, 0.25) is 0 Å². The molecule has 3 rings (SSSR count). The summed E-state index contributed by atoms with van der Waals surface area (Å²) in [5.41, 5.74) is -1.36. The Hall–Kier alpha value is -0.810. The number of fused-ring (bicyclic) bond motifs is 2. The van der Waals surface area contributed by atoms with Gasteiger partial charge in [0.25, 0.3) is 0 Å². The highest BCUT2D eigenvalue weighted by Crippen LogP contribution is 2.45. The molecule has 2 unspecified atom stereocenters. The lowest BCUT2D eigenvalue weighted by Crippen LogP contribution is -2.47. The van der Waals surface area contributed by atoms with E-state index in [4.69, 9.17) is 0 Å². The first kappa shape index (κ1) is 13.2. The smallest absolute Gasteiger partial charge is 0.164 e. The Morgan fingerprint density at radius 3 is 2.47 bits per heavy atom. The molecule has 2 aliphatic rings. The summed E-state index contributed by atoms with van der Waals surface area (Å²) < 4.78 is 39.3. The van der Waals surface area contributed by atoms with Crippen molar-refractivity contribution >= 4 is 10.8 Å². The van der Waals surface area contributed by atoms with Crippen LogP contribution in [0, 0.1) is 11.6 Å². The molecule has 0 aliphatic carbocycles. The Labute approximate surface area is 113 Å². The standard InChI is InChI=1S/C14H16F2O2S/c15-12-6-2-5-11(13(12)16)14(17)7-9-3-1-4-10(8-14)19(9)18/h2,5-6,9-10,17H,1,3-4,7-8H2. The summed E-state index contributed by atoms with van der Waals surface area (Å²) in [7, 11) is -0.944. The third-order valence-electron chi connectivity index (χ3n) is 4.29. The Bertz CT molecular complexity index is 516. The molecule has 1 N–H and O–H groups in total. The fraction of sp³-hybridized carbons (Fsp3) is 0.571. The van der Waals surface area contributed by atoms with Crippen LogP contribution in [-0.4, -0.2) is 19.8 Å². The summed E-state index contributed by atoms with van der Waals surface area (Å²) in [6.07, 6.45) is 3.11. The molecule has 2 atom stereocenters. The Kier molecular flexibility index (Phi) is 3.21. The number of aliphatic hydroxyl groups is 1. The maximum atomic E-state index is 13.9. The summed E-state index contributed by atoms with van der Waals surface area (Å²) >= 11 is 0. The number of halogens is 2. The minimum absolute atomic E-state index is 0.0149. The zero-order valence-electron chi connectivity index (χ0n) is 10.4. The van der Waals surface area contributed by atoms with Gasteiger partial charge in [-0.25, -0.2) is 8.78 Å². The molecular weight excluding hydrogens is 270 g/mol. The molecule has 0 saturated carbocycles. The van der Waals surface area contributed by atoms with E-state index in [1.54, 1.807) is 0 Å². The fourth-order valence-corrected chi connectivity index (χ4v) is 5.59. The van der Waals surface area contributed by atoms with Crippen molar-refractivity contribution in [2.24, 2.45) is 0 Å². The maximum absolute atomic E-state index is 13.9. The molecule has 1 aromatic rings. The van der Waals surface area contributed by atoms with Gasteiger partial charge in [0.15, 0.2) is 11.6 Å². The fourth-order valence-electron chi connectivity index (χ4n) is 3.37. The van der Waals surface area contributed by atoms with Gasteiger partial charge in [0.05, 0.1) is 5.60 Å². The second-order valence-electron chi connectivity index (χ2n) is 5.54. The van der Waals surface area contributed by atoms with Crippen molar-refractivity contribution in [3.05, 3.63) is 35.4 Å². The second kappa shape index (κ2) is 4.63. The normalized spacial score (nSPS) is 38.2. The predicted octanol–water partition coefficient (Wildman–Crippen LogP) is 2.62. The van der Waals surface area contributed by atoms with Gasteiger partial charge >= 0.3 is 0 Å². The average Bonchev–Trinajstić information content (AvgIpc) is 2.35. The molecule has 104 valence electrons. The van der Waals surface area contributed by atoms with Crippen molar-refractivity contribution in [2.75, 3.05) is 0 Å². The summed E-state index contributed by atoms with van der Waals surface area (Å²) in [6, 6.07) is 3.89. The van der Waals surface area contributed by atoms with E-state index in [-0.39, 0.29) is 28.9 Å². The van der Waals surface area contributed by atoms with E-state index in [2.05, 4.69) is 0 Å². The summed E-state index contributed by atoms with van der Waals surface area (Å²) in [6.45, 7) is 0. The van der Waals surface area contributed by atoms with E-state index in [9.17, 15) is 18.1 Å². The molecule has 2 fully saturated rings. The van der Waals surface area contributed by atoms with Crippen LogP contribution in [-0.2, 0) is 16.4 Å². The van der Waals surface area contributed by atoms with Gasteiger partial charge in [-0.2, -0.15) is 0 Å². The van der Waals surface area contributed by atoms with Crippen molar-refractivity contribution < 1.29 is 18.1 Å². The van der Waals surface area contributed by atoms with Gasteiger partial charge in [0.2, 0.25) is 0 Å². The molecule has 2 aliphatic heterocycles. The molecule has 19 heavy (non-hydrogen) atoms. The maximum Gasteiger partial charge on any atom is 0.164 e. The Balaban J connectivity index is 2.00. The highest BCUT2D eigenvalue weighted by molar-refractivity contribution is 7.86. The van der Waals surface area contributed by atoms with Crippen LogP contribution in [0.3, 0.4) is 0 Å². The second-order valence-corrected chi connectivity index (χ2v) is 7.54. The molecule has 2 nitrogen and oxygen atoms in total. The van der Waals surface area contributed by atoms with Gasteiger partial charge in [-0.1, -0.05) is 18.6 Å². The Morgan fingerprint density at radius 1 is 1.21 bits per heavy atom. The number of hydrogen-bond acceptors (Lipinski definition) is 2. The Morgan fingerprint density at radius 2 is 1.84 bits per heavy atom. The van der Waals surface area contributed by atoms with Crippen LogP contribution in [0.4, 0.5) is 8.78 Å². The van der Waals surface area contributed by atoms with E-state index >= 15 is 0 Å². The minimum atomic E-state index is -1.38. The van der Waals surface area contributed by atoms with Gasteiger partial charge in [0, 0.05) is 26.9 Å². The van der Waals surface area contributed by atoms with Crippen LogP contribution in [0.15, 0.2) is 18.2 Å². The van der Waals surface area contributed by atoms with Gasteiger partial charge in [-0.15, -0.1) is 0 Å². The molecule has 0 spiro atoms. The molecule has 1 aromatic carbocycles. The zero-order valence-corrected chi connectivity index (χ0v) is 11.3. The van der Waals surface area contributed by atoms with Crippen LogP contribution >= 0.6 is 0 Å². The molecular formula is C14H16F2O2S. The van der Waals surface area contributed by atoms with E-state index < -0.39 is 28.0 Å². The third kappa shape index (κ3) is 2.13. The number of hydrogen-bond donors (Lipinski definition) is 1. The number of rotatable bonds is 1. The molecule has 0 amide bonds. The predicted molar refractivity (Wildman–Crippen MR) is 69.1 cm³/mol. The summed E-state index contributed by atoms with van der Waals surface area (Å²) in [5.74, 6) is -1.92. The van der Waals surface area contributed by atoms with Crippen LogP contribution < -0.4 is 0 Å². The molecule has 5 heteroatoms. The quantitative estimate of drug-likeness (QED) is 0.861. The largest absolute Gasteiger partial charge is 0.385 e.